The Hall–Kier alpha value is -1.62. The van der Waals surface area contributed by atoms with Crippen LogP contribution >= 0.6 is 0 Å². The highest BCUT2D eigenvalue weighted by Gasteiger charge is 2.36. The minimum absolute atomic E-state index is 0.0638. The van der Waals surface area contributed by atoms with Gasteiger partial charge in [-0.2, -0.15) is 4.31 Å². The third-order valence-corrected chi connectivity index (χ3v) is 6.91. The normalized spacial score (nSPS) is 24.3. The first-order valence-electron chi connectivity index (χ1n) is 9.08. The van der Waals surface area contributed by atoms with Crippen molar-refractivity contribution in [1.29, 1.82) is 0 Å². The van der Waals surface area contributed by atoms with Crippen LogP contribution in [0.25, 0.3) is 0 Å². The third-order valence-electron chi connectivity index (χ3n) is 4.98. The number of halogens is 2. The number of nitrogens with one attached hydrogen (secondary N) is 2. The summed E-state index contributed by atoms with van der Waals surface area (Å²) in [6.07, 6.45) is 2.70. The number of hydrogen-bond acceptors (Lipinski definition) is 5. The van der Waals surface area contributed by atoms with Crippen molar-refractivity contribution < 1.29 is 22.0 Å². The van der Waals surface area contributed by atoms with Crippen molar-refractivity contribution in [2.24, 2.45) is 0 Å². The van der Waals surface area contributed by atoms with Crippen LogP contribution in [0.1, 0.15) is 26.2 Å². The molecule has 0 saturated carbocycles. The summed E-state index contributed by atoms with van der Waals surface area (Å²) in [6.45, 7) is 2.70. The summed E-state index contributed by atoms with van der Waals surface area (Å²) in [7, 11) is -4.07. The zero-order chi connectivity index (χ0) is 19.6. The van der Waals surface area contributed by atoms with Crippen molar-refractivity contribution in [1.82, 2.24) is 20.1 Å². The van der Waals surface area contributed by atoms with E-state index >= 15 is 0 Å². The number of nitrogens with zero attached hydrogens (tertiary/aromatic N) is 2. The SMILES string of the molecule is CCCC1CC(C(=O)N2CCN(S(=O)(=O)c3ccc(F)cc3F)CC2)NN1. The number of carbonyl (C=O) groups is 1. The van der Waals surface area contributed by atoms with Gasteiger partial charge in [-0.1, -0.05) is 13.3 Å². The molecule has 2 aliphatic rings. The van der Waals surface area contributed by atoms with Gasteiger partial charge in [0.15, 0.2) is 0 Å². The second-order valence-corrected chi connectivity index (χ2v) is 8.77. The Balaban J connectivity index is 1.61. The molecule has 1 aromatic carbocycles. The second kappa shape index (κ2) is 8.17. The molecule has 2 N–H and O–H groups in total. The number of rotatable bonds is 5. The third kappa shape index (κ3) is 4.29. The topological polar surface area (TPSA) is 81.8 Å². The van der Waals surface area contributed by atoms with Crippen LogP contribution in [-0.4, -0.2) is 61.8 Å². The molecule has 0 aromatic heterocycles. The van der Waals surface area contributed by atoms with Gasteiger partial charge >= 0.3 is 0 Å². The summed E-state index contributed by atoms with van der Waals surface area (Å²) in [6, 6.07) is 2.34. The Kier molecular flexibility index (Phi) is 6.09. The molecule has 2 unspecified atom stereocenters. The Labute approximate surface area is 157 Å². The number of sulfonamides is 1. The molecule has 2 saturated heterocycles. The van der Waals surface area contributed by atoms with Crippen molar-refractivity contribution in [2.75, 3.05) is 26.2 Å². The highest BCUT2D eigenvalue weighted by molar-refractivity contribution is 7.89. The van der Waals surface area contributed by atoms with Crippen molar-refractivity contribution in [2.45, 2.75) is 43.2 Å². The van der Waals surface area contributed by atoms with E-state index in [9.17, 15) is 22.0 Å². The Morgan fingerprint density at radius 2 is 1.89 bits per heavy atom. The van der Waals surface area contributed by atoms with Gasteiger partial charge in [-0.3, -0.25) is 10.2 Å². The Morgan fingerprint density at radius 1 is 1.19 bits per heavy atom. The Morgan fingerprint density at radius 3 is 2.52 bits per heavy atom. The lowest BCUT2D eigenvalue weighted by Crippen LogP contribution is -2.54. The van der Waals surface area contributed by atoms with Crippen LogP contribution in [0, 0.1) is 11.6 Å². The number of hydrazine groups is 1. The van der Waals surface area contributed by atoms with E-state index in [2.05, 4.69) is 17.8 Å². The lowest BCUT2D eigenvalue weighted by molar-refractivity contribution is -0.134. The summed E-state index contributed by atoms with van der Waals surface area (Å²) >= 11 is 0. The van der Waals surface area contributed by atoms with Crippen molar-refractivity contribution in [3.8, 4) is 0 Å². The quantitative estimate of drug-likeness (QED) is 0.763. The molecule has 2 aliphatic heterocycles. The summed E-state index contributed by atoms with van der Waals surface area (Å²) in [5, 5.41) is 0. The lowest BCUT2D eigenvalue weighted by atomic mass is 10.1. The second-order valence-electron chi connectivity index (χ2n) is 6.87. The fourth-order valence-corrected chi connectivity index (χ4v) is 4.98. The minimum atomic E-state index is -4.07. The Bertz CT molecular complexity index is 797. The van der Waals surface area contributed by atoms with Gasteiger partial charge < -0.3 is 4.90 Å². The summed E-state index contributed by atoms with van der Waals surface area (Å²) in [5.74, 6) is -2.01. The molecule has 150 valence electrons. The van der Waals surface area contributed by atoms with Crippen molar-refractivity contribution in [3.63, 3.8) is 0 Å². The molecule has 0 spiro atoms. The summed E-state index contributed by atoms with van der Waals surface area (Å²) in [5.41, 5.74) is 6.13. The van der Waals surface area contributed by atoms with Crippen LogP contribution in [-0.2, 0) is 14.8 Å². The van der Waals surface area contributed by atoms with Crippen LogP contribution < -0.4 is 10.9 Å². The standard InChI is InChI=1S/C17H24F2N4O3S/c1-2-3-13-11-15(21-20-13)17(24)22-6-8-23(9-7-22)27(25,26)16-5-4-12(18)10-14(16)19/h4-5,10,13,15,20-21H,2-3,6-9,11H2,1H3. The highest BCUT2D eigenvalue weighted by atomic mass is 32.2. The largest absolute Gasteiger partial charge is 0.339 e. The number of amides is 1. The van der Waals surface area contributed by atoms with E-state index in [1.54, 1.807) is 4.90 Å². The zero-order valence-corrected chi connectivity index (χ0v) is 15.9. The van der Waals surface area contributed by atoms with E-state index in [0.717, 1.165) is 29.3 Å². The maximum absolute atomic E-state index is 13.9. The molecule has 2 fully saturated rings. The van der Waals surface area contributed by atoms with Crippen LogP contribution in [0.2, 0.25) is 0 Å². The smallest absolute Gasteiger partial charge is 0.246 e. The fourth-order valence-electron chi connectivity index (χ4n) is 3.51. The fraction of sp³-hybridized carbons (Fsp3) is 0.588. The van der Waals surface area contributed by atoms with Gasteiger partial charge in [-0.15, -0.1) is 0 Å². The van der Waals surface area contributed by atoms with Crippen LogP contribution in [0.15, 0.2) is 23.1 Å². The number of carbonyl (C=O) groups excluding carboxylic acids is 1. The average Bonchev–Trinajstić information content (AvgIpc) is 3.10. The van der Waals surface area contributed by atoms with Gasteiger partial charge in [-0.25, -0.2) is 22.6 Å². The minimum Gasteiger partial charge on any atom is -0.339 e. The molecule has 10 heteroatoms. The molecule has 2 atom stereocenters. The van der Waals surface area contributed by atoms with Gasteiger partial charge in [0.25, 0.3) is 0 Å². The van der Waals surface area contributed by atoms with E-state index in [-0.39, 0.29) is 44.2 Å². The van der Waals surface area contributed by atoms with E-state index < -0.39 is 26.6 Å². The zero-order valence-electron chi connectivity index (χ0n) is 15.1. The molecule has 0 aliphatic carbocycles. The van der Waals surface area contributed by atoms with E-state index in [1.165, 1.54) is 0 Å². The summed E-state index contributed by atoms with van der Waals surface area (Å²) in [4.78, 5) is 13.7. The van der Waals surface area contributed by atoms with Gasteiger partial charge in [0.05, 0.1) is 0 Å². The van der Waals surface area contributed by atoms with Gasteiger partial charge in [0, 0.05) is 38.3 Å². The lowest BCUT2D eigenvalue weighted by Gasteiger charge is -2.35. The van der Waals surface area contributed by atoms with Gasteiger partial charge in [0.2, 0.25) is 15.9 Å². The molecular formula is C17H24F2N4O3S. The van der Waals surface area contributed by atoms with Gasteiger partial charge in [0.1, 0.15) is 22.6 Å². The van der Waals surface area contributed by atoms with E-state index in [0.29, 0.717) is 12.5 Å². The van der Waals surface area contributed by atoms with Crippen LogP contribution in [0.3, 0.4) is 0 Å². The number of piperazine rings is 1. The molecule has 2 heterocycles. The highest BCUT2D eigenvalue weighted by Crippen LogP contribution is 2.22. The maximum Gasteiger partial charge on any atom is 0.246 e. The number of hydrogen-bond donors (Lipinski definition) is 2. The molecule has 0 radical (unpaired) electrons. The predicted octanol–water partition coefficient (Wildman–Crippen LogP) is 0.833. The van der Waals surface area contributed by atoms with Crippen LogP contribution in [0.4, 0.5) is 8.78 Å². The maximum atomic E-state index is 13.9. The molecule has 3 rings (SSSR count). The molecule has 0 bridgehead atoms. The van der Waals surface area contributed by atoms with E-state index in [1.807, 2.05) is 0 Å². The first kappa shape index (κ1) is 20.1. The molecule has 7 nitrogen and oxygen atoms in total. The molecule has 1 aromatic rings. The van der Waals surface area contributed by atoms with Gasteiger partial charge in [-0.05, 0) is 25.0 Å². The predicted molar refractivity (Wildman–Crippen MR) is 95.1 cm³/mol. The molecule has 1 amide bonds. The number of benzene rings is 1. The van der Waals surface area contributed by atoms with Crippen molar-refractivity contribution in [3.05, 3.63) is 29.8 Å². The van der Waals surface area contributed by atoms with Crippen molar-refractivity contribution >= 4 is 15.9 Å². The van der Waals surface area contributed by atoms with Crippen LogP contribution in [0.5, 0.6) is 0 Å². The monoisotopic (exact) mass is 402 g/mol. The first-order chi connectivity index (χ1) is 12.8. The first-order valence-corrected chi connectivity index (χ1v) is 10.5. The van der Waals surface area contributed by atoms with E-state index in [4.69, 9.17) is 0 Å². The average molecular weight is 402 g/mol. The molecular weight excluding hydrogens is 378 g/mol. The molecule has 27 heavy (non-hydrogen) atoms. The summed E-state index contributed by atoms with van der Waals surface area (Å²) < 4.78 is 53.3.